The first-order valence-corrected chi connectivity index (χ1v) is 5.18. The van der Waals surface area contributed by atoms with Crippen molar-refractivity contribution in [2.75, 3.05) is 26.8 Å². The monoisotopic (exact) mass is 200 g/mol. The lowest BCUT2D eigenvalue weighted by molar-refractivity contribution is -0.136. The maximum atomic E-state index is 11.5. The van der Waals surface area contributed by atoms with E-state index in [0.717, 1.165) is 6.61 Å². The molecule has 1 atom stereocenters. The lowest BCUT2D eigenvalue weighted by Gasteiger charge is -2.23. The third-order valence-corrected chi connectivity index (χ3v) is 2.67. The van der Waals surface area contributed by atoms with Crippen molar-refractivity contribution < 1.29 is 9.53 Å². The summed E-state index contributed by atoms with van der Waals surface area (Å²) in [7, 11) is 1.76. The Kier molecular flexibility index (Phi) is 4.35. The van der Waals surface area contributed by atoms with E-state index in [1.807, 2.05) is 6.92 Å². The molecule has 4 nitrogen and oxygen atoms in total. The number of hydrogen-bond donors (Lipinski definition) is 1. The molecule has 0 aromatic heterocycles. The van der Waals surface area contributed by atoms with Gasteiger partial charge in [0.05, 0.1) is 6.61 Å². The van der Waals surface area contributed by atoms with Crippen LogP contribution in [-0.2, 0) is 9.53 Å². The largest absolute Gasteiger partial charge is 0.371 e. The summed E-state index contributed by atoms with van der Waals surface area (Å²) in [5, 5.41) is 0. The molecule has 0 spiro atoms. The summed E-state index contributed by atoms with van der Waals surface area (Å²) >= 11 is 0. The van der Waals surface area contributed by atoms with Crippen molar-refractivity contribution in [1.82, 2.24) is 4.90 Å². The van der Waals surface area contributed by atoms with Crippen LogP contribution in [0, 0.1) is 5.92 Å². The van der Waals surface area contributed by atoms with Gasteiger partial charge < -0.3 is 15.4 Å². The third-order valence-electron chi connectivity index (χ3n) is 2.67. The minimum atomic E-state index is 0.0172. The number of carbonyl (C=O) groups excluding carboxylic acids is 1. The van der Waals surface area contributed by atoms with E-state index in [2.05, 4.69) is 0 Å². The van der Waals surface area contributed by atoms with E-state index in [4.69, 9.17) is 10.5 Å². The Morgan fingerprint density at radius 1 is 1.64 bits per heavy atom. The maximum absolute atomic E-state index is 11.5. The Bertz CT molecular complexity index is 193. The summed E-state index contributed by atoms with van der Waals surface area (Å²) in [6.45, 7) is 3.34. The number of likely N-dealkylation sites (N-methyl/N-ethyl adjacent to an activating group) is 1. The summed E-state index contributed by atoms with van der Waals surface area (Å²) < 4.78 is 5.30. The van der Waals surface area contributed by atoms with Gasteiger partial charge in [-0.1, -0.05) is 0 Å². The molecular weight excluding hydrogens is 180 g/mol. The number of hydrogen-bond acceptors (Lipinski definition) is 3. The van der Waals surface area contributed by atoms with Crippen LogP contribution in [0.15, 0.2) is 0 Å². The van der Waals surface area contributed by atoms with Crippen molar-refractivity contribution in [2.24, 2.45) is 11.7 Å². The molecule has 1 aliphatic rings. The number of nitrogens with zero attached hydrogens (tertiary/aromatic N) is 1. The number of carbonyl (C=O) groups is 1. The Labute approximate surface area is 85.4 Å². The molecule has 1 saturated carbocycles. The highest BCUT2D eigenvalue weighted by Gasteiger charge is 2.22. The highest BCUT2D eigenvalue weighted by Crippen LogP contribution is 2.28. The Morgan fingerprint density at radius 2 is 2.29 bits per heavy atom. The lowest BCUT2D eigenvalue weighted by Crippen LogP contribution is -2.41. The molecule has 0 aromatic carbocycles. The van der Waals surface area contributed by atoms with Crippen LogP contribution < -0.4 is 5.73 Å². The van der Waals surface area contributed by atoms with Crippen LogP contribution in [0.5, 0.6) is 0 Å². The first kappa shape index (κ1) is 11.5. The van der Waals surface area contributed by atoms with E-state index >= 15 is 0 Å². The van der Waals surface area contributed by atoms with Crippen molar-refractivity contribution in [1.29, 1.82) is 0 Å². The lowest BCUT2D eigenvalue weighted by atomic mass is 10.3. The van der Waals surface area contributed by atoms with Crippen LogP contribution in [0.3, 0.4) is 0 Å². The van der Waals surface area contributed by atoms with Gasteiger partial charge in [-0.2, -0.15) is 0 Å². The Hall–Kier alpha value is -0.610. The van der Waals surface area contributed by atoms with Crippen LogP contribution in [-0.4, -0.2) is 43.7 Å². The average Bonchev–Trinajstić information content (AvgIpc) is 2.99. The molecule has 82 valence electrons. The molecule has 1 unspecified atom stereocenters. The van der Waals surface area contributed by atoms with Crippen LogP contribution in [0.2, 0.25) is 0 Å². The van der Waals surface area contributed by atoms with Crippen molar-refractivity contribution >= 4 is 5.91 Å². The van der Waals surface area contributed by atoms with Gasteiger partial charge >= 0.3 is 0 Å². The predicted molar refractivity (Wildman–Crippen MR) is 54.8 cm³/mol. The van der Waals surface area contributed by atoms with Crippen molar-refractivity contribution in [3.63, 3.8) is 0 Å². The summed E-state index contributed by atoms with van der Waals surface area (Å²) in [5.74, 6) is 0.726. The molecule has 1 amide bonds. The van der Waals surface area contributed by atoms with E-state index < -0.39 is 0 Å². The summed E-state index contributed by atoms with van der Waals surface area (Å²) in [5.41, 5.74) is 5.46. The van der Waals surface area contributed by atoms with E-state index in [0.29, 0.717) is 12.5 Å². The normalized spacial score (nSPS) is 17.9. The van der Waals surface area contributed by atoms with Crippen molar-refractivity contribution in [3.8, 4) is 0 Å². The standard InChI is InChI=1S/C10H20N2O2/c1-8(5-11)12(2)10(13)7-14-6-9-3-4-9/h8-9H,3-7,11H2,1-2H3. The number of rotatable bonds is 6. The second kappa shape index (κ2) is 5.32. The molecule has 0 aromatic rings. The molecule has 0 bridgehead atoms. The van der Waals surface area contributed by atoms with Gasteiger partial charge in [0, 0.05) is 19.6 Å². The van der Waals surface area contributed by atoms with Crippen LogP contribution in [0.1, 0.15) is 19.8 Å². The Morgan fingerprint density at radius 3 is 2.79 bits per heavy atom. The number of amides is 1. The van der Waals surface area contributed by atoms with Gasteiger partial charge in [0.1, 0.15) is 6.61 Å². The first-order valence-electron chi connectivity index (χ1n) is 5.18. The summed E-state index contributed by atoms with van der Waals surface area (Å²) in [4.78, 5) is 13.1. The van der Waals surface area contributed by atoms with E-state index in [-0.39, 0.29) is 18.6 Å². The maximum Gasteiger partial charge on any atom is 0.248 e. The smallest absolute Gasteiger partial charge is 0.248 e. The molecule has 0 aliphatic heterocycles. The first-order chi connectivity index (χ1) is 6.65. The van der Waals surface area contributed by atoms with Crippen molar-refractivity contribution in [3.05, 3.63) is 0 Å². The van der Waals surface area contributed by atoms with Gasteiger partial charge in [0.2, 0.25) is 5.91 Å². The number of nitrogens with two attached hydrogens (primary N) is 1. The fourth-order valence-corrected chi connectivity index (χ4v) is 1.10. The van der Waals surface area contributed by atoms with Crippen LogP contribution in [0.4, 0.5) is 0 Å². The molecule has 0 saturated heterocycles. The van der Waals surface area contributed by atoms with E-state index in [9.17, 15) is 4.79 Å². The van der Waals surface area contributed by atoms with E-state index in [1.54, 1.807) is 11.9 Å². The minimum Gasteiger partial charge on any atom is -0.371 e. The summed E-state index contributed by atoms with van der Waals surface area (Å²) in [6.07, 6.45) is 2.51. The molecule has 14 heavy (non-hydrogen) atoms. The highest BCUT2D eigenvalue weighted by atomic mass is 16.5. The molecule has 4 heteroatoms. The zero-order valence-corrected chi connectivity index (χ0v) is 9.03. The van der Waals surface area contributed by atoms with Crippen molar-refractivity contribution in [2.45, 2.75) is 25.8 Å². The fraction of sp³-hybridized carbons (Fsp3) is 0.900. The topological polar surface area (TPSA) is 55.6 Å². The predicted octanol–water partition coefficient (Wildman–Crippen LogP) is 0.219. The van der Waals surface area contributed by atoms with Crippen LogP contribution >= 0.6 is 0 Å². The molecule has 0 heterocycles. The van der Waals surface area contributed by atoms with Gasteiger partial charge in [0.25, 0.3) is 0 Å². The SMILES string of the molecule is CC(CN)N(C)C(=O)COCC1CC1. The van der Waals surface area contributed by atoms with Gasteiger partial charge in [-0.15, -0.1) is 0 Å². The van der Waals surface area contributed by atoms with E-state index in [1.165, 1.54) is 12.8 Å². The quantitative estimate of drug-likeness (QED) is 0.667. The van der Waals surface area contributed by atoms with Gasteiger partial charge in [0.15, 0.2) is 0 Å². The van der Waals surface area contributed by atoms with Gasteiger partial charge in [-0.25, -0.2) is 0 Å². The summed E-state index contributed by atoms with van der Waals surface area (Å²) in [6, 6.07) is 0.0898. The van der Waals surface area contributed by atoms with Gasteiger partial charge in [-0.05, 0) is 25.7 Å². The second-order valence-electron chi connectivity index (χ2n) is 4.05. The zero-order chi connectivity index (χ0) is 10.6. The second-order valence-corrected chi connectivity index (χ2v) is 4.05. The highest BCUT2D eigenvalue weighted by molar-refractivity contribution is 5.77. The average molecular weight is 200 g/mol. The molecule has 1 fully saturated rings. The molecule has 2 N–H and O–H groups in total. The molecule has 0 radical (unpaired) electrons. The minimum absolute atomic E-state index is 0.0172. The molecular formula is C10H20N2O2. The Balaban J connectivity index is 2.11. The molecule has 1 rings (SSSR count). The third kappa shape index (κ3) is 3.64. The fourth-order valence-electron chi connectivity index (χ4n) is 1.10. The zero-order valence-electron chi connectivity index (χ0n) is 9.03. The number of ether oxygens (including phenoxy) is 1. The van der Waals surface area contributed by atoms with Gasteiger partial charge in [-0.3, -0.25) is 4.79 Å². The molecule has 1 aliphatic carbocycles. The van der Waals surface area contributed by atoms with Crippen LogP contribution in [0.25, 0.3) is 0 Å².